The summed E-state index contributed by atoms with van der Waals surface area (Å²) in [5.74, 6) is 1.00. The highest BCUT2D eigenvalue weighted by Crippen LogP contribution is 2.09. The average molecular weight is 251 g/mol. The molecule has 6 heteroatoms. The third-order valence-electron chi connectivity index (χ3n) is 2.54. The van der Waals surface area contributed by atoms with Crippen LogP contribution in [0.3, 0.4) is 0 Å². The zero-order chi connectivity index (χ0) is 12.1. The van der Waals surface area contributed by atoms with Crippen molar-refractivity contribution in [2.75, 3.05) is 6.54 Å². The van der Waals surface area contributed by atoms with Crippen LogP contribution in [0, 0.1) is 0 Å². The van der Waals surface area contributed by atoms with E-state index in [0.29, 0.717) is 0 Å². The second kappa shape index (κ2) is 5.88. The standard InChI is InChI=1S/C11H17N5S/c1-3-11-14-9(7-17-11)6-12-5-4-10-15-13-8-16(10)2/h7-8,12H,3-6H2,1-2H3. The minimum atomic E-state index is 0.828. The van der Waals surface area contributed by atoms with Crippen LogP contribution in [0.25, 0.3) is 0 Å². The van der Waals surface area contributed by atoms with Gasteiger partial charge in [0.05, 0.1) is 10.7 Å². The van der Waals surface area contributed by atoms with Gasteiger partial charge in [-0.3, -0.25) is 0 Å². The van der Waals surface area contributed by atoms with Crippen LogP contribution in [0.4, 0.5) is 0 Å². The molecule has 0 fully saturated rings. The molecule has 0 saturated heterocycles. The number of thiazole rings is 1. The van der Waals surface area contributed by atoms with Gasteiger partial charge < -0.3 is 9.88 Å². The fourth-order valence-electron chi connectivity index (χ4n) is 1.54. The molecule has 2 aromatic heterocycles. The van der Waals surface area contributed by atoms with Gasteiger partial charge in [-0.1, -0.05) is 6.92 Å². The lowest BCUT2D eigenvalue weighted by Gasteiger charge is -2.02. The first-order valence-corrected chi connectivity index (χ1v) is 6.64. The third kappa shape index (κ3) is 3.34. The molecule has 0 saturated carbocycles. The molecule has 0 unspecified atom stereocenters. The van der Waals surface area contributed by atoms with Gasteiger partial charge in [-0.05, 0) is 6.42 Å². The lowest BCUT2D eigenvalue weighted by molar-refractivity contribution is 0.646. The van der Waals surface area contributed by atoms with E-state index in [1.165, 1.54) is 5.01 Å². The Hall–Kier alpha value is -1.27. The highest BCUT2D eigenvalue weighted by atomic mass is 32.1. The highest BCUT2D eigenvalue weighted by molar-refractivity contribution is 7.09. The van der Waals surface area contributed by atoms with Crippen LogP contribution >= 0.6 is 11.3 Å². The van der Waals surface area contributed by atoms with Gasteiger partial charge in [-0.25, -0.2) is 4.98 Å². The largest absolute Gasteiger partial charge is 0.321 e. The van der Waals surface area contributed by atoms with Crippen molar-refractivity contribution in [2.45, 2.75) is 26.3 Å². The van der Waals surface area contributed by atoms with Crippen molar-refractivity contribution in [1.29, 1.82) is 0 Å². The van der Waals surface area contributed by atoms with Crippen LogP contribution in [0.5, 0.6) is 0 Å². The van der Waals surface area contributed by atoms with Crippen molar-refractivity contribution in [2.24, 2.45) is 7.05 Å². The summed E-state index contributed by atoms with van der Waals surface area (Å²) in [4.78, 5) is 4.50. The van der Waals surface area contributed by atoms with Gasteiger partial charge in [0.15, 0.2) is 0 Å². The van der Waals surface area contributed by atoms with E-state index in [0.717, 1.165) is 37.4 Å². The molecule has 92 valence electrons. The van der Waals surface area contributed by atoms with Gasteiger partial charge in [0, 0.05) is 31.9 Å². The van der Waals surface area contributed by atoms with Crippen LogP contribution in [-0.2, 0) is 26.4 Å². The smallest absolute Gasteiger partial charge is 0.133 e. The first-order chi connectivity index (χ1) is 8.29. The van der Waals surface area contributed by atoms with Gasteiger partial charge in [0.1, 0.15) is 12.2 Å². The molecular weight excluding hydrogens is 234 g/mol. The summed E-state index contributed by atoms with van der Waals surface area (Å²) in [6, 6.07) is 0. The molecule has 5 nitrogen and oxygen atoms in total. The summed E-state index contributed by atoms with van der Waals surface area (Å²) in [5.41, 5.74) is 1.13. The van der Waals surface area contributed by atoms with Gasteiger partial charge in [0.25, 0.3) is 0 Å². The molecule has 2 rings (SSSR count). The normalized spacial score (nSPS) is 10.9. The topological polar surface area (TPSA) is 55.6 Å². The molecule has 0 aromatic carbocycles. The molecular formula is C11H17N5S. The van der Waals surface area contributed by atoms with E-state index in [1.54, 1.807) is 17.7 Å². The summed E-state index contributed by atoms with van der Waals surface area (Å²) in [5, 5.41) is 14.6. The Morgan fingerprint density at radius 2 is 2.35 bits per heavy atom. The predicted molar refractivity (Wildman–Crippen MR) is 67.9 cm³/mol. The Kier molecular flexibility index (Phi) is 4.22. The van der Waals surface area contributed by atoms with Crippen molar-refractivity contribution >= 4 is 11.3 Å². The Morgan fingerprint density at radius 1 is 1.47 bits per heavy atom. The Bertz CT molecular complexity index is 462. The van der Waals surface area contributed by atoms with E-state index in [9.17, 15) is 0 Å². The minimum absolute atomic E-state index is 0.828. The highest BCUT2D eigenvalue weighted by Gasteiger charge is 2.01. The minimum Gasteiger partial charge on any atom is -0.321 e. The van der Waals surface area contributed by atoms with Gasteiger partial charge in [-0.2, -0.15) is 0 Å². The molecule has 0 spiro atoms. The molecule has 0 bridgehead atoms. The van der Waals surface area contributed by atoms with Crippen LogP contribution in [0.1, 0.15) is 23.4 Å². The third-order valence-corrected chi connectivity index (χ3v) is 3.58. The first-order valence-electron chi connectivity index (χ1n) is 5.76. The molecule has 0 aliphatic heterocycles. The molecule has 0 radical (unpaired) electrons. The predicted octanol–water partition coefficient (Wildman–Crippen LogP) is 1.17. The lowest BCUT2D eigenvalue weighted by atomic mass is 10.4. The van der Waals surface area contributed by atoms with Crippen molar-refractivity contribution in [3.05, 3.63) is 28.2 Å². The maximum atomic E-state index is 4.50. The second-order valence-corrected chi connectivity index (χ2v) is 4.81. The zero-order valence-corrected chi connectivity index (χ0v) is 11.0. The zero-order valence-electron chi connectivity index (χ0n) is 10.2. The number of rotatable bonds is 6. The van der Waals surface area contributed by atoms with E-state index in [4.69, 9.17) is 0 Å². The Morgan fingerprint density at radius 3 is 3.00 bits per heavy atom. The summed E-state index contributed by atoms with van der Waals surface area (Å²) < 4.78 is 1.94. The van der Waals surface area contributed by atoms with Crippen LogP contribution in [-0.4, -0.2) is 26.3 Å². The van der Waals surface area contributed by atoms with Gasteiger partial charge >= 0.3 is 0 Å². The van der Waals surface area contributed by atoms with E-state index in [1.807, 2.05) is 11.6 Å². The first kappa shape index (κ1) is 12.2. The SMILES string of the molecule is CCc1nc(CNCCc2nncn2C)cs1. The molecule has 1 N–H and O–H groups in total. The van der Waals surface area contributed by atoms with E-state index >= 15 is 0 Å². The molecule has 0 atom stereocenters. The molecule has 0 aliphatic rings. The summed E-state index contributed by atoms with van der Waals surface area (Å²) >= 11 is 1.73. The number of aromatic nitrogens is 4. The number of aryl methyl sites for hydroxylation is 2. The van der Waals surface area contributed by atoms with Gasteiger partial charge in [-0.15, -0.1) is 21.5 Å². The summed E-state index contributed by atoms with van der Waals surface area (Å²) in [6.07, 6.45) is 3.63. The number of hydrogen-bond donors (Lipinski definition) is 1. The molecule has 0 amide bonds. The molecule has 17 heavy (non-hydrogen) atoms. The summed E-state index contributed by atoms with van der Waals surface area (Å²) in [6.45, 7) is 3.85. The second-order valence-electron chi connectivity index (χ2n) is 3.87. The average Bonchev–Trinajstić information content (AvgIpc) is 2.94. The van der Waals surface area contributed by atoms with E-state index in [-0.39, 0.29) is 0 Å². The number of hydrogen-bond acceptors (Lipinski definition) is 5. The lowest BCUT2D eigenvalue weighted by Crippen LogP contribution is -2.18. The van der Waals surface area contributed by atoms with Crippen LogP contribution < -0.4 is 5.32 Å². The Labute approximate surface area is 105 Å². The van der Waals surface area contributed by atoms with E-state index < -0.39 is 0 Å². The van der Waals surface area contributed by atoms with Gasteiger partial charge in [0.2, 0.25) is 0 Å². The van der Waals surface area contributed by atoms with Crippen molar-refractivity contribution in [3.8, 4) is 0 Å². The van der Waals surface area contributed by atoms with Crippen molar-refractivity contribution < 1.29 is 0 Å². The van der Waals surface area contributed by atoms with Crippen LogP contribution in [0.15, 0.2) is 11.7 Å². The Balaban J connectivity index is 1.71. The summed E-state index contributed by atoms with van der Waals surface area (Å²) in [7, 11) is 1.96. The van der Waals surface area contributed by atoms with Crippen LogP contribution in [0.2, 0.25) is 0 Å². The van der Waals surface area contributed by atoms with Crippen molar-refractivity contribution in [3.63, 3.8) is 0 Å². The fraction of sp³-hybridized carbons (Fsp3) is 0.545. The number of nitrogens with zero attached hydrogens (tertiary/aromatic N) is 4. The molecule has 2 heterocycles. The fourth-order valence-corrected chi connectivity index (χ4v) is 2.29. The maximum absolute atomic E-state index is 4.50. The van der Waals surface area contributed by atoms with Crippen molar-refractivity contribution in [1.82, 2.24) is 25.1 Å². The number of nitrogens with one attached hydrogen (secondary N) is 1. The molecule has 0 aliphatic carbocycles. The van der Waals surface area contributed by atoms with E-state index in [2.05, 4.69) is 32.8 Å². The monoisotopic (exact) mass is 251 g/mol. The molecule has 2 aromatic rings. The maximum Gasteiger partial charge on any atom is 0.133 e. The quantitative estimate of drug-likeness (QED) is 0.783.